The number of hydrogen-bond acceptors (Lipinski definition) is 2. The zero-order valence-electron chi connectivity index (χ0n) is 14.1. The highest BCUT2D eigenvalue weighted by molar-refractivity contribution is 5.77. The largest absolute Gasteiger partial charge is 0.343 e. The van der Waals surface area contributed by atoms with E-state index in [2.05, 4.69) is 18.7 Å². The topological polar surface area (TPSA) is 46.3 Å². The first kappa shape index (κ1) is 16.8. The van der Waals surface area contributed by atoms with E-state index >= 15 is 0 Å². The van der Waals surface area contributed by atoms with Crippen LogP contribution >= 0.6 is 0 Å². The van der Waals surface area contributed by atoms with E-state index in [1.54, 1.807) is 0 Å². The van der Waals surface area contributed by atoms with Crippen molar-refractivity contribution in [3.8, 4) is 0 Å². The Morgan fingerprint density at radius 3 is 2.48 bits per heavy atom. The predicted octanol–water partition coefficient (Wildman–Crippen LogP) is 3.57. The molecule has 1 amide bonds. The van der Waals surface area contributed by atoms with Gasteiger partial charge in [-0.15, -0.1) is 0 Å². The summed E-state index contributed by atoms with van der Waals surface area (Å²) in [5, 5.41) is 0. The summed E-state index contributed by atoms with van der Waals surface area (Å²) >= 11 is 0. The molecule has 0 aromatic heterocycles. The average molecular weight is 294 g/mol. The molecular formula is C18H34N2O. The van der Waals surface area contributed by atoms with E-state index < -0.39 is 0 Å². The number of carbonyl (C=O) groups is 1. The lowest BCUT2D eigenvalue weighted by atomic mass is 9.71. The van der Waals surface area contributed by atoms with Gasteiger partial charge in [-0.2, -0.15) is 0 Å². The molecule has 1 aliphatic heterocycles. The van der Waals surface area contributed by atoms with Crippen molar-refractivity contribution >= 4 is 5.91 Å². The molecule has 0 spiro atoms. The summed E-state index contributed by atoms with van der Waals surface area (Å²) < 4.78 is 0. The third-order valence-electron chi connectivity index (χ3n) is 5.94. The minimum Gasteiger partial charge on any atom is -0.343 e. The Balaban J connectivity index is 1.90. The van der Waals surface area contributed by atoms with E-state index in [-0.39, 0.29) is 5.41 Å². The lowest BCUT2D eigenvalue weighted by Gasteiger charge is -2.37. The van der Waals surface area contributed by atoms with Crippen LogP contribution in [0.15, 0.2) is 0 Å². The highest BCUT2D eigenvalue weighted by atomic mass is 16.2. The lowest BCUT2D eigenvalue weighted by molar-refractivity contribution is -0.134. The van der Waals surface area contributed by atoms with Crippen LogP contribution in [0.4, 0.5) is 0 Å². The van der Waals surface area contributed by atoms with Crippen molar-refractivity contribution < 1.29 is 4.79 Å². The molecule has 1 saturated carbocycles. The maximum Gasteiger partial charge on any atom is 0.223 e. The van der Waals surface area contributed by atoms with Crippen LogP contribution in [-0.2, 0) is 4.79 Å². The van der Waals surface area contributed by atoms with Gasteiger partial charge in [0.15, 0.2) is 0 Å². The quantitative estimate of drug-likeness (QED) is 0.861. The molecule has 0 aromatic carbocycles. The first-order chi connectivity index (χ1) is 10.1. The van der Waals surface area contributed by atoms with Crippen molar-refractivity contribution in [2.45, 2.75) is 71.6 Å². The number of rotatable bonds is 4. The Bertz CT molecular complexity index is 334. The van der Waals surface area contributed by atoms with E-state index in [1.165, 1.54) is 38.5 Å². The summed E-state index contributed by atoms with van der Waals surface area (Å²) in [5.74, 6) is 1.90. The number of hydrogen-bond donors (Lipinski definition) is 1. The van der Waals surface area contributed by atoms with Gasteiger partial charge in [0.05, 0.1) is 0 Å². The monoisotopic (exact) mass is 294 g/mol. The molecular weight excluding hydrogens is 260 g/mol. The molecule has 0 radical (unpaired) electrons. The highest BCUT2D eigenvalue weighted by Gasteiger charge is 2.34. The predicted molar refractivity (Wildman–Crippen MR) is 87.9 cm³/mol. The Morgan fingerprint density at radius 1 is 1.14 bits per heavy atom. The summed E-state index contributed by atoms with van der Waals surface area (Å²) in [6.45, 7) is 7.23. The lowest BCUT2D eigenvalue weighted by Crippen LogP contribution is -2.41. The summed E-state index contributed by atoms with van der Waals surface area (Å²) in [6, 6.07) is 0. The molecule has 1 aliphatic carbocycles. The van der Waals surface area contributed by atoms with Gasteiger partial charge >= 0.3 is 0 Å². The van der Waals surface area contributed by atoms with Gasteiger partial charge in [0, 0.05) is 19.5 Å². The molecule has 1 atom stereocenters. The van der Waals surface area contributed by atoms with Crippen LogP contribution < -0.4 is 5.73 Å². The fraction of sp³-hybridized carbons (Fsp3) is 0.944. The number of carbonyl (C=O) groups excluding carboxylic acids is 1. The van der Waals surface area contributed by atoms with Gasteiger partial charge in [-0.3, -0.25) is 4.79 Å². The van der Waals surface area contributed by atoms with Crippen LogP contribution in [0.5, 0.6) is 0 Å². The number of likely N-dealkylation sites (tertiary alicyclic amines) is 1. The van der Waals surface area contributed by atoms with Crippen LogP contribution in [0.3, 0.4) is 0 Å². The second-order valence-electron chi connectivity index (χ2n) is 7.76. The molecule has 2 rings (SSSR count). The third-order valence-corrected chi connectivity index (χ3v) is 5.94. The van der Waals surface area contributed by atoms with Crippen LogP contribution in [0, 0.1) is 17.3 Å². The molecule has 0 bridgehead atoms. The van der Waals surface area contributed by atoms with E-state index in [4.69, 9.17) is 5.73 Å². The van der Waals surface area contributed by atoms with Crippen molar-refractivity contribution in [1.82, 2.24) is 4.90 Å². The Morgan fingerprint density at radius 2 is 1.86 bits per heavy atom. The Labute approximate surface area is 130 Å². The first-order valence-electron chi connectivity index (χ1n) is 9.04. The van der Waals surface area contributed by atoms with Crippen LogP contribution in [0.1, 0.15) is 71.6 Å². The van der Waals surface area contributed by atoms with Crippen molar-refractivity contribution in [3.05, 3.63) is 0 Å². The van der Waals surface area contributed by atoms with Gasteiger partial charge < -0.3 is 10.6 Å². The number of nitrogens with zero attached hydrogens (tertiary/aromatic N) is 1. The molecule has 1 unspecified atom stereocenters. The maximum atomic E-state index is 12.7. The minimum atomic E-state index is 0.110. The molecule has 21 heavy (non-hydrogen) atoms. The number of nitrogens with two attached hydrogens (primary N) is 1. The van der Waals surface area contributed by atoms with Gasteiger partial charge in [0.1, 0.15) is 0 Å². The van der Waals surface area contributed by atoms with Gasteiger partial charge in [-0.1, -0.05) is 33.1 Å². The third kappa shape index (κ3) is 4.45. The molecule has 122 valence electrons. The zero-order chi connectivity index (χ0) is 15.3. The SMILES string of the molecule is CC(C)C1CCCN(C(=O)CC2(CN)CCCCC2)CC1. The van der Waals surface area contributed by atoms with Crippen molar-refractivity contribution in [3.63, 3.8) is 0 Å². The molecule has 2 N–H and O–H groups in total. The molecule has 0 aromatic rings. The molecule has 2 fully saturated rings. The normalized spacial score (nSPS) is 26.7. The smallest absolute Gasteiger partial charge is 0.223 e. The van der Waals surface area contributed by atoms with E-state index in [0.29, 0.717) is 18.9 Å². The first-order valence-corrected chi connectivity index (χ1v) is 9.04. The Kier molecular flexibility index (Phi) is 6.09. The summed E-state index contributed by atoms with van der Waals surface area (Å²) in [6.07, 6.45) is 10.4. The minimum absolute atomic E-state index is 0.110. The van der Waals surface area contributed by atoms with Crippen molar-refractivity contribution in [2.24, 2.45) is 23.0 Å². The molecule has 1 heterocycles. The van der Waals surface area contributed by atoms with Crippen LogP contribution in [0.2, 0.25) is 0 Å². The fourth-order valence-electron chi connectivity index (χ4n) is 4.23. The standard InChI is InChI=1S/C18H34N2O/c1-15(2)16-7-6-11-20(12-8-16)17(21)13-18(14-19)9-4-3-5-10-18/h15-16H,3-14,19H2,1-2H3. The second kappa shape index (κ2) is 7.62. The second-order valence-corrected chi connectivity index (χ2v) is 7.76. The van der Waals surface area contributed by atoms with E-state index in [1.807, 2.05) is 0 Å². The maximum absolute atomic E-state index is 12.7. The zero-order valence-corrected chi connectivity index (χ0v) is 14.1. The van der Waals surface area contributed by atoms with Crippen LogP contribution in [-0.4, -0.2) is 30.4 Å². The molecule has 1 saturated heterocycles. The van der Waals surface area contributed by atoms with E-state index in [9.17, 15) is 4.79 Å². The molecule has 3 nitrogen and oxygen atoms in total. The fourth-order valence-corrected chi connectivity index (χ4v) is 4.23. The molecule has 3 heteroatoms. The number of amides is 1. The van der Waals surface area contributed by atoms with Gasteiger partial charge in [-0.25, -0.2) is 0 Å². The van der Waals surface area contributed by atoms with Gasteiger partial charge in [-0.05, 0) is 55.9 Å². The van der Waals surface area contributed by atoms with Gasteiger partial charge in [0.25, 0.3) is 0 Å². The summed E-state index contributed by atoms with van der Waals surface area (Å²) in [5.41, 5.74) is 6.15. The van der Waals surface area contributed by atoms with Gasteiger partial charge in [0.2, 0.25) is 5.91 Å². The van der Waals surface area contributed by atoms with Crippen molar-refractivity contribution in [1.29, 1.82) is 0 Å². The van der Waals surface area contributed by atoms with Crippen molar-refractivity contribution in [2.75, 3.05) is 19.6 Å². The summed E-state index contributed by atoms with van der Waals surface area (Å²) in [7, 11) is 0. The Hall–Kier alpha value is -0.570. The average Bonchev–Trinajstić information content (AvgIpc) is 2.74. The molecule has 2 aliphatic rings. The highest BCUT2D eigenvalue weighted by Crippen LogP contribution is 2.39. The summed E-state index contributed by atoms with van der Waals surface area (Å²) in [4.78, 5) is 14.9. The van der Waals surface area contributed by atoms with E-state index in [0.717, 1.165) is 37.8 Å². The van der Waals surface area contributed by atoms with Crippen LogP contribution in [0.25, 0.3) is 0 Å².